The quantitative estimate of drug-likeness (QED) is 0.648. The number of rotatable bonds is 6. The maximum Gasteiger partial charge on any atom is 0.124 e. The zero-order chi connectivity index (χ0) is 18.7. The van der Waals surface area contributed by atoms with Crippen molar-refractivity contribution < 1.29 is 9.13 Å². The Bertz CT molecular complexity index is 739. The minimum absolute atomic E-state index is 0.0978. The van der Waals surface area contributed by atoms with Crippen LogP contribution in [0.2, 0.25) is 0 Å². The second kappa shape index (κ2) is 8.45. The summed E-state index contributed by atoms with van der Waals surface area (Å²) >= 11 is 1.88. The zero-order valence-corrected chi connectivity index (χ0v) is 16.9. The van der Waals surface area contributed by atoms with Crippen LogP contribution in [0.15, 0.2) is 42.5 Å². The van der Waals surface area contributed by atoms with Gasteiger partial charge >= 0.3 is 0 Å². The molecule has 0 radical (unpaired) electrons. The smallest absolute Gasteiger partial charge is 0.124 e. The molecule has 2 aromatic rings. The topological polar surface area (TPSA) is 12.5 Å². The molecule has 4 heteroatoms. The summed E-state index contributed by atoms with van der Waals surface area (Å²) < 4.78 is 19.9. The minimum Gasteiger partial charge on any atom is -0.489 e. The van der Waals surface area contributed by atoms with Crippen molar-refractivity contribution in [3.05, 3.63) is 65.0 Å². The molecule has 0 spiro atoms. The molecule has 1 aliphatic heterocycles. The fourth-order valence-corrected chi connectivity index (χ4v) is 4.99. The summed E-state index contributed by atoms with van der Waals surface area (Å²) in [5.41, 5.74) is 3.37. The largest absolute Gasteiger partial charge is 0.489 e. The second-order valence-corrected chi connectivity index (χ2v) is 8.56. The van der Waals surface area contributed by atoms with Crippen LogP contribution < -0.4 is 4.74 Å². The third kappa shape index (κ3) is 4.24. The normalized spacial score (nSPS) is 16.4. The predicted molar refractivity (Wildman–Crippen MR) is 108 cm³/mol. The lowest BCUT2D eigenvalue weighted by Crippen LogP contribution is -2.38. The molecule has 1 aliphatic rings. The highest BCUT2D eigenvalue weighted by molar-refractivity contribution is 7.99. The lowest BCUT2D eigenvalue weighted by Gasteiger charge is -2.31. The van der Waals surface area contributed by atoms with Gasteiger partial charge in [-0.3, -0.25) is 4.90 Å². The van der Waals surface area contributed by atoms with Crippen LogP contribution in [0.4, 0.5) is 4.39 Å². The first-order chi connectivity index (χ1) is 12.5. The highest BCUT2D eigenvalue weighted by Crippen LogP contribution is 2.44. The van der Waals surface area contributed by atoms with Crippen LogP contribution in [0.5, 0.6) is 5.75 Å². The number of fused-ring (bicyclic) bond motifs is 2. The van der Waals surface area contributed by atoms with Crippen molar-refractivity contribution >= 4 is 11.8 Å². The van der Waals surface area contributed by atoms with Crippen molar-refractivity contribution in [2.24, 2.45) is 0 Å². The van der Waals surface area contributed by atoms with E-state index >= 15 is 0 Å². The Morgan fingerprint density at radius 3 is 2.54 bits per heavy atom. The molecule has 0 saturated heterocycles. The number of hydrogen-bond donors (Lipinski definition) is 0. The first-order valence-corrected chi connectivity index (χ1v) is 10.4. The van der Waals surface area contributed by atoms with Crippen LogP contribution in [0.3, 0.4) is 0 Å². The van der Waals surface area contributed by atoms with Gasteiger partial charge in [0.05, 0.1) is 5.25 Å². The first-order valence-electron chi connectivity index (χ1n) is 9.34. The monoisotopic (exact) mass is 373 g/mol. The average Bonchev–Trinajstić information content (AvgIpc) is 2.75. The summed E-state index contributed by atoms with van der Waals surface area (Å²) in [7, 11) is 0. The molecule has 0 N–H and O–H groups in total. The van der Waals surface area contributed by atoms with E-state index in [9.17, 15) is 4.39 Å². The molecule has 0 saturated carbocycles. The number of halogens is 1. The fourth-order valence-electron chi connectivity index (χ4n) is 3.67. The average molecular weight is 374 g/mol. The van der Waals surface area contributed by atoms with Gasteiger partial charge < -0.3 is 4.74 Å². The van der Waals surface area contributed by atoms with E-state index in [1.165, 1.54) is 17.2 Å². The van der Waals surface area contributed by atoms with Crippen molar-refractivity contribution in [3.8, 4) is 5.75 Å². The maximum absolute atomic E-state index is 14.0. The Morgan fingerprint density at radius 2 is 1.81 bits per heavy atom. The van der Waals surface area contributed by atoms with Crippen LogP contribution in [0.1, 0.15) is 49.6 Å². The van der Waals surface area contributed by atoms with Gasteiger partial charge in [-0.1, -0.05) is 24.3 Å². The van der Waals surface area contributed by atoms with E-state index < -0.39 is 0 Å². The molecule has 0 aromatic heterocycles. The van der Waals surface area contributed by atoms with Crippen molar-refractivity contribution in [2.45, 2.75) is 51.6 Å². The Balaban J connectivity index is 1.86. The maximum atomic E-state index is 14.0. The van der Waals surface area contributed by atoms with E-state index in [2.05, 4.69) is 50.8 Å². The lowest BCUT2D eigenvalue weighted by atomic mass is 10.00. The second-order valence-electron chi connectivity index (χ2n) is 7.35. The van der Waals surface area contributed by atoms with Crippen molar-refractivity contribution in [3.63, 3.8) is 0 Å². The Hall–Kier alpha value is -1.52. The van der Waals surface area contributed by atoms with Crippen molar-refractivity contribution in [1.82, 2.24) is 4.90 Å². The molecule has 2 nitrogen and oxygen atoms in total. The summed E-state index contributed by atoms with van der Waals surface area (Å²) in [6.45, 7) is 10.5. The van der Waals surface area contributed by atoms with Gasteiger partial charge in [0.1, 0.15) is 18.2 Å². The van der Waals surface area contributed by atoms with Crippen molar-refractivity contribution in [1.29, 1.82) is 0 Å². The molecule has 1 atom stereocenters. The van der Waals surface area contributed by atoms with Gasteiger partial charge in [0, 0.05) is 29.9 Å². The van der Waals surface area contributed by atoms with Crippen LogP contribution >= 0.6 is 11.8 Å². The third-order valence-corrected chi connectivity index (χ3v) is 6.20. The SMILES string of the molecule is CC(C)N(CCSC1c2ccccc2COc2ccc(F)cc21)C(C)C. The van der Waals surface area contributed by atoms with Crippen LogP contribution in [-0.2, 0) is 6.61 Å². The van der Waals surface area contributed by atoms with Gasteiger partial charge in [-0.05, 0) is 57.0 Å². The molecular formula is C22H28FNOS. The van der Waals surface area contributed by atoms with E-state index in [4.69, 9.17) is 4.74 Å². The highest BCUT2D eigenvalue weighted by Gasteiger charge is 2.26. The first kappa shape index (κ1) is 19.2. The molecule has 1 heterocycles. The molecular weight excluding hydrogens is 345 g/mol. The van der Waals surface area contributed by atoms with Gasteiger partial charge in [-0.15, -0.1) is 11.8 Å². The number of thioether (sulfide) groups is 1. The molecule has 0 fully saturated rings. The number of nitrogens with zero attached hydrogens (tertiary/aromatic N) is 1. The zero-order valence-electron chi connectivity index (χ0n) is 16.0. The summed E-state index contributed by atoms with van der Waals surface area (Å²) in [5, 5.41) is 0.0978. The molecule has 1 unspecified atom stereocenters. The fraction of sp³-hybridized carbons (Fsp3) is 0.455. The summed E-state index contributed by atoms with van der Waals surface area (Å²) in [6.07, 6.45) is 0. The molecule has 26 heavy (non-hydrogen) atoms. The van der Waals surface area contributed by atoms with E-state index in [1.54, 1.807) is 12.1 Å². The molecule has 0 amide bonds. The molecule has 2 aromatic carbocycles. The highest BCUT2D eigenvalue weighted by atomic mass is 32.2. The van der Waals surface area contributed by atoms with Gasteiger partial charge in [0.2, 0.25) is 0 Å². The third-order valence-electron chi connectivity index (χ3n) is 4.94. The summed E-state index contributed by atoms with van der Waals surface area (Å²) in [5.74, 6) is 1.58. The van der Waals surface area contributed by atoms with E-state index in [0.29, 0.717) is 18.7 Å². The van der Waals surface area contributed by atoms with Crippen LogP contribution in [-0.4, -0.2) is 29.3 Å². The summed E-state index contributed by atoms with van der Waals surface area (Å²) in [4.78, 5) is 2.50. The van der Waals surface area contributed by atoms with E-state index in [0.717, 1.165) is 23.6 Å². The molecule has 140 valence electrons. The Morgan fingerprint density at radius 1 is 1.08 bits per heavy atom. The minimum atomic E-state index is -0.205. The van der Waals surface area contributed by atoms with Crippen molar-refractivity contribution in [2.75, 3.05) is 12.3 Å². The number of benzene rings is 2. The standard InChI is InChI=1S/C22H28FNOS/c1-15(2)24(16(3)4)11-12-26-22-19-8-6-5-7-17(19)14-25-21-10-9-18(23)13-20(21)22/h5-10,13,15-16,22H,11-12,14H2,1-4H3. The molecule has 0 aliphatic carbocycles. The van der Waals surface area contributed by atoms with Crippen LogP contribution in [0.25, 0.3) is 0 Å². The predicted octanol–water partition coefficient (Wildman–Crippen LogP) is 5.66. The van der Waals surface area contributed by atoms with Gasteiger partial charge in [0.25, 0.3) is 0 Å². The van der Waals surface area contributed by atoms with Crippen LogP contribution in [0, 0.1) is 5.82 Å². The van der Waals surface area contributed by atoms with E-state index in [-0.39, 0.29) is 11.1 Å². The van der Waals surface area contributed by atoms with Gasteiger partial charge in [-0.25, -0.2) is 4.39 Å². The van der Waals surface area contributed by atoms with Gasteiger partial charge in [-0.2, -0.15) is 0 Å². The van der Waals surface area contributed by atoms with E-state index in [1.807, 2.05) is 17.8 Å². The Kier molecular flexibility index (Phi) is 6.25. The number of hydrogen-bond acceptors (Lipinski definition) is 3. The van der Waals surface area contributed by atoms with Gasteiger partial charge in [0.15, 0.2) is 0 Å². The molecule has 3 rings (SSSR count). The molecule has 0 bridgehead atoms. The lowest BCUT2D eigenvalue weighted by molar-refractivity contribution is 0.187. The Labute approximate surface area is 160 Å². The number of ether oxygens (including phenoxy) is 1. The summed E-state index contributed by atoms with van der Waals surface area (Å²) in [6, 6.07) is 14.3.